The molecule has 222 valence electrons. The predicted molar refractivity (Wildman–Crippen MR) is 171 cm³/mol. The predicted octanol–water partition coefficient (Wildman–Crippen LogP) is 6.26. The van der Waals surface area contributed by atoms with Crippen LogP contribution in [-0.4, -0.2) is 23.5 Å². The van der Waals surface area contributed by atoms with Crippen molar-refractivity contribution in [2.75, 3.05) is 17.7 Å². The Balaban J connectivity index is 1.54. The summed E-state index contributed by atoms with van der Waals surface area (Å²) in [7, 11) is 3.06. The Morgan fingerprint density at radius 3 is 2.44 bits per heavy atom. The van der Waals surface area contributed by atoms with Crippen molar-refractivity contribution < 1.29 is 23.5 Å². The van der Waals surface area contributed by atoms with Crippen LogP contribution in [0, 0.1) is 22.2 Å². The van der Waals surface area contributed by atoms with Crippen LogP contribution in [-0.2, 0) is 18.4 Å². The normalized spacial score (nSPS) is 12.4. The Kier molecular flexibility index (Phi) is 9.00. The summed E-state index contributed by atoms with van der Waals surface area (Å²) in [6.07, 6.45) is 1.72. The third kappa shape index (κ3) is 6.99. The first-order valence-corrected chi connectivity index (χ1v) is 14.7. The van der Waals surface area contributed by atoms with Crippen LogP contribution >= 0.6 is 22.6 Å². The van der Waals surface area contributed by atoms with Crippen LogP contribution < -0.4 is 31.0 Å². The SMILES string of the molecule is COc1ccc(CNC(=O)c2c(Oc3cccc(NC(=O)C4CC4)c3C)cc(=O)n(C)c2Nc2ccc(I)cc2F)cc1. The van der Waals surface area contributed by atoms with Gasteiger partial charge in [0.2, 0.25) is 5.91 Å². The van der Waals surface area contributed by atoms with Crippen molar-refractivity contribution in [1.29, 1.82) is 0 Å². The molecule has 3 N–H and O–H groups in total. The zero-order valence-electron chi connectivity index (χ0n) is 23.8. The number of carbonyl (C=O) groups is 2. The molecule has 0 unspecified atom stereocenters. The minimum atomic E-state index is -0.551. The Labute approximate surface area is 261 Å². The summed E-state index contributed by atoms with van der Waals surface area (Å²) in [5.74, 6) is -0.104. The monoisotopic (exact) mass is 696 g/mol. The second-order valence-electron chi connectivity index (χ2n) is 10.2. The van der Waals surface area contributed by atoms with Crippen LogP contribution in [0.4, 0.5) is 21.6 Å². The Morgan fingerprint density at radius 1 is 1.02 bits per heavy atom. The van der Waals surface area contributed by atoms with E-state index in [-0.39, 0.29) is 41.2 Å². The molecule has 5 rings (SSSR count). The molecular formula is C32H30FIN4O5. The molecule has 9 nitrogen and oxygen atoms in total. The first-order valence-electron chi connectivity index (χ1n) is 13.6. The number of carbonyl (C=O) groups excluding carboxylic acids is 2. The number of nitrogens with one attached hydrogen (secondary N) is 3. The second-order valence-corrected chi connectivity index (χ2v) is 11.4. The first-order chi connectivity index (χ1) is 20.6. The molecule has 0 bridgehead atoms. The summed E-state index contributed by atoms with van der Waals surface area (Å²) in [6.45, 7) is 1.95. The van der Waals surface area contributed by atoms with Crippen molar-refractivity contribution in [2.45, 2.75) is 26.3 Å². The maximum absolute atomic E-state index is 14.9. The van der Waals surface area contributed by atoms with Crippen LogP contribution in [0.1, 0.15) is 34.3 Å². The second kappa shape index (κ2) is 12.9. The molecule has 1 aliphatic rings. The van der Waals surface area contributed by atoms with Gasteiger partial charge in [0.1, 0.15) is 34.4 Å². The highest BCUT2D eigenvalue weighted by atomic mass is 127. The fraction of sp³-hybridized carbons (Fsp3) is 0.219. The smallest absolute Gasteiger partial charge is 0.259 e. The maximum Gasteiger partial charge on any atom is 0.259 e. The van der Waals surface area contributed by atoms with Gasteiger partial charge in [-0.15, -0.1) is 0 Å². The van der Waals surface area contributed by atoms with Crippen LogP contribution in [0.3, 0.4) is 0 Å². The van der Waals surface area contributed by atoms with E-state index in [1.54, 1.807) is 50.4 Å². The summed E-state index contributed by atoms with van der Waals surface area (Å²) >= 11 is 2.00. The number of aromatic nitrogens is 1. The van der Waals surface area contributed by atoms with Gasteiger partial charge in [0.25, 0.3) is 11.5 Å². The standard InChI is InChI=1S/C32H30FIN4O5/c1-18-24(37-31(40)20-9-10-20)5-4-6-26(18)43-27-16-28(39)38(2)30(36-25-14-11-21(34)15-23(25)33)29(27)32(41)35-17-19-7-12-22(42-3)13-8-19/h4-8,11-16,20,36H,9-10,17H2,1-3H3,(H,35,41)(H,37,40). The Morgan fingerprint density at radius 2 is 1.77 bits per heavy atom. The molecule has 0 radical (unpaired) electrons. The zero-order valence-corrected chi connectivity index (χ0v) is 26.0. The molecule has 0 aliphatic heterocycles. The number of pyridine rings is 1. The number of anilines is 3. The van der Waals surface area contributed by atoms with Gasteiger partial charge in [-0.05, 0) is 90.4 Å². The van der Waals surface area contributed by atoms with E-state index in [0.29, 0.717) is 26.3 Å². The number of nitrogens with zero attached hydrogens (tertiary/aromatic N) is 1. The number of amides is 2. The van der Waals surface area contributed by atoms with Gasteiger partial charge in [-0.25, -0.2) is 4.39 Å². The van der Waals surface area contributed by atoms with Crippen LogP contribution in [0.15, 0.2) is 71.5 Å². The van der Waals surface area contributed by atoms with Gasteiger partial charge >= 0.3 is 0 Å². The molecular weight excluding hydrogens is 666 g/mol. The number of methoxy groups -OCH3 is 1. The number of benzene rings is 3. The average molecular weight is 697 g/mol. The van der Waals surface area contributed by atoms with Crippen molar-refractivity contribution in [3.05, 3.63) is 103 Å². The topological polar surface area (TPSA) is 111 Å². The fourth-order valence-electron chi connectivity index (χ4n) is 4.41. The van der Waals surface area contributed by atoms with Crippen molar-refractivity contribution in [3.8, 4) is 17.2 Å². The molecule has 2 amide bonds. The van der Waals surface area contributed by atoms with Gasteiger partial charge in [-0.3, -0.25) is 19.0 Å². The first kappa shape index (κ1) is 30.1. The van der Waals surface area contributed by atoms with Gasteiger partial charge < -0.3 is 25.4 Å². The lowest BCUT2D eigenvalue weighted by atomic mass is 10.1. The van der Waals surface area contributed by atoms with Gasteiger partial charge in [0.15, 0.2) is 0 Å². The minimum Gasteiger partial charge on any atom is -0.497 e. The largest absolute Gasteiger partial charge is 0.497 e. The van der Waals surface area contributed by atoms with E-state index >= 15 is 0 Å². The number of halogens is 2. The highest BCUT2D eigenvalue weighted by molar-refractivity contribution is 14.1. The zero-order chi connectivity index (χ0) is 30.7. The summed E-state index contributed by atoms with van der Waals surface area (Å²) in [6, 6.07) is 18.2. The molecule has 0 saturated heterocycles. The van der Waals surface area contributed by atoms with Crippen LogP contribution in [0.25, 0.3) is 0 Å². The molecule has 1 fully saturated rings. The molecule has 0 atom stereocenters. The third-order valence-corrected chi connectivity index (χ3v) is 7.81. The van der Waals surface area contributed by atoms with Gasteiger partial charge in [-0.1, -0.05) is 18.2 Å². The van der Waals surface area contributed by atoms with E-state index in [1.165, 1.54) is 29.8 Å². The lowest BCUT2D eigenvalue weighted by Gasteiger charge is -2.20. The lowest BCUT2D eigenvalue weighted by molar-refractivity contribution is -0.117. The highest BCUT2D eigenvalue weighted by Gasteiger charge is 2.30. The van der Waals surface area contributed by atoms with E-state index in [9.17, 15) is 18.8 Å². The Bertz CT molecular complexity index is 1750. The molecule has 1 saturated carbocycles. The van der Waals surface area contributed by atoms with Crippen molar-refractivity contribution >= 4 is 51.6 Å². The van der Waals surface area contributed by atoms with Crippen molar-refractivity contribution in [3.63, 3.8) is 0 Å². The quantitative estimate of drug-likeness (QED) is 0.169. The minimum absolute atomic E-state index is 0.000353. The summed E-state index contributed by atoms with van der Waals surface area (Å²) in [4.78, 5) is 39.4. The van der Waals surface area contributed by atoms with Gasteiger partial charge in [0.05, 0.1) is 12.8 Å². The van der Waals surface area contributed by atoms with E-state index in [4.69, 9.17) is 9.47 Å². The van der Waals surface area contributed by atoms with Crippen molar-refractivity contribution in [2.24, 2.45) is 13.0 Å². The third-order valence-electron chi connectivity index (χ3n) is 7.14. The molecule has 4 aromatic rings. The molecule has 43 heavy (non-hydrogen) atoms. The number of rotatable bonds is 10. The molecule has 1 aliphatic carbocycles. The number of hydrogen-bond acceptors (Lipinski definition) is 6. The maximum atomic E-state index is 14.9. The number of hydrogen-bond donors (Lipinski definition) is 3. The average Bonchev–Trinajstić information content (AvgIpc) is 3.84. The van der Waals surface area contributed by atoms with Crippen LogP contribution in [0.2, 0.25) is 0 Å². The van der Waals surface area contributed by atoms with Crippen LogP contribution in [0.5, 0.6) is 17.2 Å². The van der Waals surface area contributed by atoms with Gasteiger partial charge in [0, 0.05) is 40.4 Å². The van der Waals surface area contributed by atoms with E-state index in [2.05, 4.69) is 16.0 Å². The van der Waals surface area contributed by atoms with E-state index in [0.717, 1.165) is 18.4 Å². The number of ether oxygens (including phenoxy) is 2. The molecule has 11 heteroatoms. The molecule has 1 aromatic heterocycles. The molecule has 3 aromatic carbocycles. The fourth-order valence-corrected chi connectivity index (χ4v) is 4.87. The van der Waals surface area contributed by atoms with Crippen molar-refractivity contribution in [1.82, 2.24) is 9.88 Å². The molecule has 0 spiro atoms. The summed E-state index contributed by atoms with van der Waals surface area (Å²) in [5.41, 5.74) is 1.61. The lowest BCUT2D eigenvalue weighted by Crippen LogP contribution is -2.29. The van der Waals surface area contributed by atoms with E-state index < -0.39 is 17.3 Å². The molecule has 1 heterocycles. The van der Waals surface area contributed by atoms with E-state index in [1.807, 2.05) is 34.7 Å². The van der Waals surface area contributed by atoms with Gasteiger partial charge in [-0.2, -0.15) is 0 Å². The Hall–Kier alpha value is -4.39. The highest BCUT2D eigenvalue weighted by Crippen LogP contribution is 2.36. The summed E-state index contributed by atoms with van der Waals surface area (Å²) < 4.78 is 28.3. The summed E-state index contributed by atoms with van der Waals surface area (Å²) in [5, 5.41) is 8.75.